The molecule has 1 aliphatic heterocycles. The summed E-state index contributed by atoms with van der Waals surface area (Å²) < 4.78 is 21.6. The first-order valence-electron chi connectivity index (χ1n) is 8.92. The number of oxazole rings is 1. The number of hydrogen-bond acceptors (Lipinski definition) is 7. The highest BCUT2D eigenvalue weighted by Gasteiger charge is 2.21. The fraction of sp³-hybridized carbons (Fsp3) is 0.182. The second kappa shape index (κ2) is 7.35. The number of aliphatic imine (C=N–C) groups is 1. The molecule has 0 saturated heterocycles. The second-order valence-electron chi connectivity index (χ2n) is 6.40. The van der Waals surface area contributed by atoms with Gasteiger partial charge in [0, 0.05) is 22.4 Å². The molecular weight excluding hydrogens is 372 g/mol. The summed E-state index contributed by atoms with van der Waals surface area (Å²) in [6.45, 7) is 1.92. The molecule has 0 radical (unpaired) electrons. The van der Waals surface area contributed by atoms with E-state index in [4.69, 9.17) is 18.6 Å². The van der Waals surface area contributed by atoms with Crippen molar-refractivity contribution in [1.29, 1.82) is 0 Å². The predicted octanol–water partition coefficient (Wildman–Crippen LogP) is 4.72. The standard InChI is InChI=1S/C22H20N2O5/c1-12-15(14-7-5-6-8-16(14)23-12)11-17-22(25)29-21(24-17)13-9-18(26-2)20(28-4)19(10-13)27-3/h5-11,25H,1-4H3. The van der Waals surface area contributed by atoms with Gasteiger partial charge in [0.15, 0.2) is 11.5 Å². The molecule has 7 heteroatoms. The fourth-order valence-electron chi connectivity index (χ4n) is 3.30. The Morgan fingerprint density at radius 3 is 2.34 bits per heavy atom. The van der Waals surface area contributed by atoms with Crippen LogP contribution in [0.3, 0.4) is 0 Å². The van der Waals surface area contributed by atoms with Crippen molar-refractivity contribution in [1.82, 2.24) is 4.98 Å². The van der Waals surface area contributed by atoms with E-state index >= 15 is 0 Å². The van der Waals surface area contributed by atoms with Crippen molar-refractivity contribution in [3.63, 3.8) is 0 Å². The van der Waals surface area contributed by atoms with Crippen LogP contribution < -0.4 is 14.2 Å². The van der Waals surface area contributed by atoms with Crippen LogP contribution in [0.1, 0.15) is 18.2 Å². The van der Waals surface area contributed by atoms with Gasteiger partial charge in [-0.2, -0.15) is 0 Å². The van der Waals surface area contributed by atoms with Crippen LogP contribution in [-0.4, -0.2) is 37.1 Å². The molecule has 2 heterocycles. The lowest BCUT2D eigenvalue weighted by atomic mass is 10.0. The molecule has 0 saturated carbocycles. The average Bonchev–Trinajstić information content (AvgIpc) is 3.26. The molecule has 0 fully saturated rings. The van der Waals surface area contributed by atoms with Crippen molar-refractivity contribution in [2.45, 2.75) is 6.92 Å². The highest BCUT2D eigenvalue weighted by molar-refractivity contribution is 6.31. The lowest BCUT2D eigenvalue weighted by Crippen LogP contribution is -1.95. The Labute approximate surface area is 167 Å². The molecule has 1 N–H and O–H groups in total. The molecule has 148 valence electrons. The molecule has 0 bridgehead atoms. The van der Waals surface area contributed by atoms with E-state index in [2.05, 4.69) is 9.98 Å². The van der Waals surface area contributed by atoms with E-state index in [9.17, 15) is 5.11 Å². The van der Waals surface area contributed by atoms with E-state index in [1.54, 1.807) is 18.2 Å². The van der Waals surface area contributed by atoms with Crippen LogP contribution in [0.2, 0.25) is 0 Å². The van der Waals surface area contributed by atoms with Crippen molar-refractivity contribution in [2.24, 2.45) is 4.99 Å². The van der Waals surface area contributed by atoms with Gasteiger partial charge in [-0.3, -0.25) is 4.99 Å². The molecule has 0 aliphatic carbocycles. The van der Waals surface area contributed by atoms with Crippen LogP contribution in [0.5, 0.6) is 23.2 Å². The zero-order chi connectivity index (χ0) is 20.5. The summed E-state index contributed by atoms with van der Waals surface area (Å²) >= 11 is 0. The average molecular weight is 392 g/mol. The molecule has 0 unspecified atom stereocenters. The van der Waals surface area contributed by atoms with Gasteiger partial charge in [-0.25, -0.2) is 4.98 Å². The molecule has 3 aromatic rings. The predicted molar refractivity (Wildman–Crippen MR) is 110 cm³/mol. The van der Waals surface area contributed by atoms with Crippen molar-refractivity contribution >= 4 is 23.0 Å². The lowest BCUT2D eigenvalue weighted by Gasteiger charge is -2.12. The number of rotatable bonds is 5. The third-order valence-corrected chi connectivity index (χ3v) is 4.70. The molecule has 4 rings (SSSR count). The Balaban J connectivity index is 1.78. The van der Waals surface area contributed by atoms with Gasteiger partial charge >= 0.3 is 5.95 Å². The molecule has 0 atom stereocenters. The molecule has 7 nitrogen and oxygen atoms in total. The summed E-state index contributed by atoms with van der Waals surface area (Å²) in [6.07, 6.45) is 1.77. The van der Waals surface area contributed by atoms with Crippen LogP contribution in [0.15, 0.2) is 45.8 Å². The van der Waals surface area contributed by atoms with E-state index in [0.717, 1.165) is 22.5 Å². The Bertz CT molecular complexity index is 1120. The largest absolute Gasteiger partial charge is 0.493 e. The SMILES string of the molecule is COc1cc(-c2nc(C=C3C(C)=Nc4ccccc43)c(O)o2)cc(OC)c1OC. The van der Waals surface area contributed by atoms with Gasteiger partial charge in [0.2, 0.25) is 11.6 Å². The van der Waals surface area contributed by atoms with Crippen molar-refractivity contribution in [3.05, 3.63) is 47.7 Å². The summed E-state index contributed by atoms with van der Waals surface area (Å²) in [6, 6.07) is 11.2. The molecule has 0 amide bonds. The van der Waals surface area contributed by atoms with Crippen LogP contribution in [0.4, 0.5) is 5.69 Å². The first-order chi connectivity index (χ1) is 14.0. The fourth-order valence-corrected chi connectivity index (χ4v) is 3.30. The third-order valence-electron chi connectivity index (χ3n) is 4.70. The number of allylic oxidation sites excluding steroid dienone is 1. The Morgan fingerprint density at radius 1 is 1.00 bits per heavy atom. The van der Waals surface area contributed by atoms with E-state index in [0.29, 0.717) is 28.5 Å². The van der Waals surface area contributed by atoms with Gasteiger partial charge in [-0.1, -0.05) is 18.2 Å². The Morgan fingerprint density at radius 2 is 1.69 bits per heavy atom. The quantitative estimate of drug-likeness (QED) is 0.676. The number of aromatic hydroxyl groups is 1. The molecule has 2 aromatic carbocycles. The first-order valence-corrected chi connectivity index (χ1v) is 8.92. The number of aromatic nitrogens is 1. The smallest absolute Gasteiger partial charge is 0.310 e. The minimum Gasteiger partial charge on any atom is -0.493 e. The number of ether oxygens (including phenoxy) is 3. The zero-order valence-electron chi connectivity index (χ0n) is 16.5. The molecular formula is C22H20N2O5. The van der Waals surface area contributed by atoms with Crippen LogP contribution in [0, 0.1) is 0 Å². The summed E-state index contributed by atoms with van der Waals surface area (Å²) in [5.41, 5.74) is 4.51. The maximum absolute atomic E-state index is 10.3. The maximum atomic E-state index is 10.3. The third kappa shape index (κ3) is 3.20. The van der Waals surface area contributed by atoms with Gasteiger partial charge in [-0.05, 0) is 31.2 Å². The summed E-state index contributed by atoms with van der Waals surface area (Å²) in [5, 5.41) is 10.3. The maximum Gasteiger partial charge on any atom is 0.310 e. The Kier molecular flexibility index (Phi) is 4.72. The number of nitrogens with zero attached hydrogens (tertiary/aromatic N) is 2. The van der Waals surface area contributed by atoms with Gasteiger partial charge in [0.25, 0.3) is 0 Å². The van der Waals surface area contributed by atoms with Gasteiger partial charge in [-0.15, -0.1) is 0 Å². The highest BCUT2D eigenvalue weighted by atomic mass is 16.5. The minimum absolute atomic E-state index is 0.231. The molecule has 1 aromatic heterocycles. The van der Waals surface area contributed by atoms with Gasteiger partial charge in [0.05, 0.1) is 27.0 Å². The van der Waals surface area contributed by atoms with Crippen molar-refractivity contribution < 1.29 is 23.7 Å². The van der Waals surface area contributed by atoms with Crippen molar-refractivity contribution in [3.8, 4) is 34.6 Å². The number of methoxy groups -OCH3 is 3. The minimum atomic E-state index is -0.279. The summed E-state index contributed by atoms with van der Waals surface area (Å²) in [5.74, 6) is 1.35. The topological polar surface area (TPSA) is 86.3 Å². The zero-order valence-corrected chi connectivity index (χ0v) is 16.5. The van der Waals surface area contributed by atoms with Crippen LogP contribution in [0.25, 0.3) is 23.1 Å². The lowest BCUT2D eigenvalue weighted by molar-refractivity contribution is 0.323. The summed E-state index contributed by atoms with van der Waals surface area (Å²) in [4.78, 5) is 9.01. The normalized spacial score (nSPS) is 13.9. The second-order valence-corrected chi connectivity index (χ2v) is 6.40. The van der Waals surface area contributed by atoms with E-state index in [-0.39, 0.29) is 11.8 Å². The Hall–Kier alpha value is -3.74. The molecule has 29 heavy (non-hydrogen) atoms. The van der Waals surface area contributed by atoms with Gasteiger partial charge in [0.1, 0.15) is 5.69 Å². The number of benzene rings is 2. The number of hydrogen-bond donors (Lipinski definition) is 1. The van der Waals surface area contributed by atoms with E-state index in [1.165, 1.54) is 21.3 Å². The number of fused-ring (bicyclic) bond motifs is 1. The monoisotopic (exact) mass is 392 g/mol. The molecule has 0 spiro atoms. The summed E-state index contributed by atoms with van der Waals surface area (Å²) in [7, 11) is 4.60. The van der Waals surface area contributed by atoms with Crippen LogP contribution >= 0.6 is 0 Å². The van der Waals surface area contributed by atoms with E-state index < -0.39 is 0 Å². The first kappa shape index (κ1) is 18.6. The highest BCUT2D eigenvalue weighted by Crippen LogP contribution is 2.42. The van der Waals surface area contributed by atoms with E-state index in [1.807, 2.05) is 31.2 Å². The number of para-hydroxylation sites is 1. The van der Waals surface area contributed by atoms with Gasteiger partial charge < -0.3 is 23.7 Å². The van der Waals surface area contributed by atoms with Crippen molar-refractivity contribution in [2.75, 3.05) is 21.3 Å². The van der Waals surface area contributed by atoms with Crippen LogP contribution in [-0.2, 0) is 0 Å². The molecule has 1 aliphatic rings.